The Labute approximate surface area is 134 Å². The van der Waals surface area contributed by atoms with Crippen LogP contribution in [0.2, 0.25) is 0 Å². The average Bonchev–Trinajstić information content (AvgIpc) is 2.36. The van der Waals surface area contributed by atoms with Crippen LogP contribution in [0.3, 0.4) is 0 Å². The number of nitrogens with two attached hydrogens (primary N) is 1. The van der Waals surface area contributed by atoms with E-state index in [0.717, 1.165) is 17.6 Å². The van der Waals surface area contributed by atoms with Gasteiger partial charge in [0.05, 0.1) is 0 Å². The maximum Gasteiger partial charge on any atom is 0.241 e. The molecule has 1 aliphatic carbocycles. The van der Waals surface area contributed by atoms with E-state index in [1.807, 2.05) is 25.2 Å². The highest BCUT2D eigenvalue weighted by atomic mass is 16.1. The second-order valence-corrected chi connectivity index (χ2v) is 6.48. The maximum absolute atomic E-state index is 10.8. The summed E-state index contributed by atoms with van der Waals surface area (Å²) in [5, 5.41) is 0. The van der Waals surface area contributed by atoms with Crippen molar-refractivity contribution in [2.24, 2.45) is 11.1 Å². The second-order valence-electron chi connectivity index (χ2n) is 6.48. The molecule has 2 N–H and O–H groups in total. The van der Waals surface area contributed by atoms with Crippen molar-refractivity contribution in [2.45, 2.75) is 41.0 Å². The Hall–Kier alpha value is -2.09. The molecule has 0 fully saturated rings. The van der Waals surface area contributed by atoms with Crippen molar-refractivity contribution in [3.8, 4) is 0 Å². The van der Waals surface area contributed by atoms with Crippen molar-refractivity contribution >= 4 is 5.91 Å². The van der Waals surface area contributed by atoms with Crippen LogP contribution in [0.1, 0.15) is 41.0 Å². The molecule has 0 radical (unpaired) electrons. The molecular weight excluding hydrogens is 270 g/mol. The van der Waals surface area contributed by atoms with E-state index in [0.29, 0.717) is 0 Å². The number of hydrogen-bond acceptors (Lipinski definition) is 1. The average molecular weight is 297 g/mol. The van der Waals surface area contributed by atoms with E-state index in [1.54, 1.807) is 0 Å². The summed E-state index contributed by atoms with van der Waals surface area (Å²) in [4.78, 5) is 10.8. The zero-order valence-electron chi connectivity index (χ0n) is 14.3. The van der Waals surface area contributed by atoms with E-state index in [4.69, 9.17) is 5.73 Å². The molecule has 0 heterocycles. The van der Waals surface area contributed by atoms with Crippen LogP contribution in [0, 0.1) is 5.41 Å². The Kier molecular flexibility index (Phi) is 6.36. The predicted molar refractivity (Wildman–Crippen MR) is 95.2 cm³/mol. The highest BCUT2D eigenvalue weighted by Crippen LogP contribution is 2.37. The van der Waals surface area contributed by atoms with Crippen molar-refractivity contribution in [1.82, 2.24) is 0 Å². The molecular formula is C20H27NO. The lowest BCUT2D eigenvalue weighted by Crippen LogP contribution is -2.16. The smallest absolute Gasteiger partial charge is 0.241 e. The molecule has 0 aromatic rings. The third-order valence-corrected chi connectivity index (χ3v) is 3.75. The number of carbonyl (C=O) groups excluding carboxylic acids is 1. The number of allylic oxidation sites excluding steroid dienone is 11. The molecule has 0 aromatic heterocycles. The van der Waals surface area contributed by atoms with Crippen LogP contribution in [0.4, 0.5) is 0 Å². The van der Waals surface area contributed by atoms with Gasteiger partial charge in [-0.2, -0.15) is 0 Å². The summed E-state index contributed by atoms with van der Waals surface area (Å²) in [6.45, 7) is 10.6. The molecule has 2 heteroatoms. The first-order chi connectivity index (χ1) is 10.2. The van der Waals surface area contributed by atoms with Crippen LogP contribution in [0.15, 0.2) is 70.9 Å². The molecule has 1 amide bonds. The van der Waals surface area contributed by atoms with E-state index >= 15 is 0 Å². The van der Waals surface area contributed by atoms with Gasteiger partial charge in [-0.25, -0.2) is 0 Å². The quantitative estimate of drug-likeness (QED) is 0.576. The molecule has 0 aromatic carbocycles. The minimum Gasteiger partial charge on any atom is -0.366 e. The normalized spacial score (nSPS) is 19.5. The lowest BCUT2D eigenvalue weighted by molar-refractivity contribution is -0.113. The van der Waals surface area contributed by atoms with Gasteiger partial charge in [0.15, 0.2) is 0 Å². The summed E-state index contributed by atoms with van der Waals surface area (Å²) in [6.07, 6.45) is 17.1. The summed E-state index contributed by atoms with van der Waals surface area (Å²) in [5.41, 5.74) is 10.0. The van der Waals surface area contributed by atoms with Crippen molar-refractivity contribution < 1.29 is 4.79 Å². The fourth-order valence-electron chi connectivity index (χ4n) is 2.52. The lowest BCUT2D eigenvalue weighted by atomic mass is 9.75. The second kappa shape index (κ2) is 7.79. The first kappa shape index (κ1) is 18.0. The van der Waals surface area contributed by atoms with Gasteiger partial charge in [0.1, 0.15) is 0 Å². The number of carbonyl (C=O) groups is 1. The van der Waals surface area contributed by atoms with Gasteiger partial charge in [0.25, 0.3) is 0 Å². The molecule has 0 unspecified atom stereocenters. The van der Waals surface area contributed by atoms with Gasteiger partial charge >= 0.3 is 0 Å². The van der Waals surface area contributed by atoms with Crippen LogP contribution in [-0.4, -0.2) is 5.91 Å². The monoisotopic (exact) mass is 297 g/mol. The standard InChI is InChI=1S/C20H27NO/c1-15(8-6-9-16(2)14-19(21)22)11-12-18-17(3)10-7-13-20(18,4)5/h6-12,14H,13H2,1-5H3,(H2,21,22)/b9-6+,12-11+,15-8-,16-14+. The summed E-state index contributed by atoms with van der Waals surface area (Å²) >= 11 is 0. The first-order valence-electron chi connectivity index (χ1n) is 7.61. The van der Waals surface area contributed by atoms with Gasteiger partial charge in [0.2, 0.25) is 5.91 Å². The summed E-state index contributed by atoms with van der Waals surface area (Å²) in [6, 6.07) is 0. The third-order valence-electron chi connectivity index (χ3n) is 3.75. The minimum absolute atomic E-state index is 0.187. The van der Waals surface area contributed by atoms with Crippen molar-refractivity contribution in [3.63, 3.8) is 0 Å². The Morgan fingerprint density at radius 2 is 1.91 bits per heavy atom. The van der Waals surface area contributed by atoms with Crippen molar-refractivity contribution in [1.29, 1.82) is 0 Å². The molecule has 0 saturated carbocycles. The molecule has 0 saturated heterocycles. The summed E-state index contributed by atoms with van der Waals surface area (Å²) < 4.78 is 0. The van der Waals surface area contributed by atoms with Gasteiger partial charge in [-0.1, -0.05) is 62.0 Å². The van der Waals surface area contributed by atoms with Crippen molar-refractivity contribution in [2.75, 3.05) is 0 Å². The zero-order chi connectivity index (χ0) is 16.8. The predicted octanol–water partition coefficient (Wildman–Crippen LogP) is 4.78. The number of rotatable bonds is 5. The van der Waals surface area contributed by atoms with Gasteiger partial charge < -0.3 is 5.73 Å². The molecule has 22 heavy (non-hydrogen) atoms. The van der Waals surface area contributed by atoms with Crippen LogP contribution < -0.4 is 5.73 Å². The SMILES string of the molecule is CC1=C(/C=C/C(C)=C\C=C\C(C)=C\C(N)=O)C(C)(C)CC=C1. The van der Waals surface area contributed by atoms with E-state index in [2.05, 4.69) is 52.0 Å². The van der Waals surface area contributed by atoms with E-state index in [1.165, 1.54) is 17.2 Å². The highest BCUT2D eigenvalue weighted by molar-refractivity contribution is 5.86. The minimum atomic E-state index is -0.419. The van der Waals surface area contributed by atoms with E-state index in [9.17, 15) is 4.79 Å². The van der Waals surface area contributed by atoms with E-state index in [-0.39, 0.29) is 5.41 Å². The Morgan fingerprint density at radius 3 is 2.50 bits per heavy atom. The fourth-order valence-corrected chi connectivity index (χ4v) is 2.52. The van der Waals surface area contributed by atoms with E-state index < -0.39 is 5.91 Å². The highest BCUT2D eigenvalue weighted by Gasteiger charge is 2.23. The molecule has 1 rings (SSSR count). The summed E-state index contributed by atoms with van der Waals surface area (Å²) in [7, 11) is 0. The Morgan fingerprint density at radius 1 is 1.23 bits per heavy atom. The number of primary amides is 1. The number of amides is 1. The molecule has 0 aliphatic heterocycles. The maximum atomic E-state index is 10.8. The van der Waals surface area contributed by atoms with Crippen LogP contribution in [0.5, 0.6) is 0 Å². The molecule has 0 spiro atoms. The Bertz CT molecular complexity index is 608. The first-order valence-corrected chi connectivity index (χ1v) is 7.61. The molecule has 0 atom stereocenters. The number of hydrogen-bond donors (Lipinski definition) is 1. The van der Waals surface area contributed by atoms with Crippen molar-refractivity contribution in [3.05, 3.63) is 70.9 Å². The van der Waals surface area contributed by atoms with Gasteiger partial charge in [-0.3, -0.25) is 4.79 Å². The third kappa shape index (κ3) is 5.72. The molecule has 2 nitrogen and oxygen atoms in total. The van der Waals surface area contributed by atoms with Gasteiger partial charge in [-0.05, 0) is 49.3 Å². The zero-order valence-corrected chi connectivity index (χ0v) is 14.3. The molecule has 0 bridgehead atoms. The van der Waals surface area contributed by atoms with Crippen LogP contribution in [0.25, 0.3) is 0 Å². The summed E-state index contributed by atoms with van der Waals surface area (Å²) in [5.74, 6) is -0.419. The molecule has 1 aliphatic rings. The van der Waals surface area contributed by atoms with Gasteiger partial charge in [0, 0.05) is 6.08 Å². The lowest BCUT2D eigenvalue weighted by Gasteiger charge is -2.29. The van der Waals surface area contributed by atoms with Crippen LogP contribution >= 0.6 is 0 Å². The van der Waals surface area contributed by atoms with Crippen LogP contribution in [-0.2, 0) is 4.79 Å². The fraction of sp³-hybridized carbons (Fsp3) is 0.350. The Balaban J connectivity index is 2.82. The molecule has 118 valence electrons. The van der Waals surface area contributed by atoms with Gasteiger partial charge in [-0.15, -0.1) is 0 Å². The topological polar surface area (TPSA) is 43.1 Å². The largest absolute Gasteiger partial charge is 0.366 e.